The van der Waals surface area contributed by atoms with E-state index in [1.807, 2.05) is 24.3 Å². The molecule has 0 fully saturated rings. The summed E-state index contributed by atoms with van der Waals surface area (Å²) in [5.41, 5.74) is 1.45. The molecule has 118 valence electrons. The fourth-order valence-electron chi connectivity index (χ4n) is 1.92. The molecule has 2 rings (SSSR count). The van der Waals surface area contributed by atoms with Gasteiger partial charge in [0.15, 0.2) is 5.78 Å². The second-order valence-corrected chi connectivity index (χ2v) is 5.10. The Bertz CT molecular complexity index is 713. The van der Waals surface area contributed by atoms with E-state index in [2.05, 4.69) is 0 Å². The molecule has 2 aromatic carbocycles. The first kappa shape index (κ1) is 16.8. The molecule has 0 amide bonds. The molecule has 0 aliphatic rings. The lowest BCUT2D eigenvalue weighted by atomic mass is 10.1. The number of methoxy groups -OCH3 is 2. The highest BCUT2D eigenvalue weighted by molar-refractivity contribution is 6.48. The Morgan fingerprint density at radius 3 is 1.83 bits per heavy atom. The van der Waals surface area contributed by atoms with Crippen molar-refractivity contribution in [2.45, 2.75) is 0 Å². The second-order valence-electron chi connectivity index (χ2n) is 4.69. The monoisotopic (exact) mass is 328 g/mol. The van der Waals surface area contributed by atoms with Crippen LogP contribution in [-0.4, -0.2) is 20.0 Å². The first-order valence-corrected chi connectivity index (χ1v) is 7.38. The van der Waals surface area contributed by atoms with Crippen molar-refractivity contribution in [1.29, 1.82) is 0 Å². The van der Waals surface area contributed by atoms with Gasteiger partial charge in [-0.25, -0.2) is 0 Å². The fourth-order valence-corrected chi connectivity index (χ4v) is 2.12. The molecule has 0 aliphatic carbocycles. The van der Waals surface area contributed by atoms with Crippen LogP contribution in [-0.2, 0) is 0 Å². The van der Waals surface area contributed by atoms with Gasteiger partial charge in [-0.3, -0.25) is 4.79 Å². The van der Waals surface area contributed by atoms with E-state index in [0.29, 0.717) is 16.3 Å². The van der Waals surface area contributed by atoms with Crippen molar-refractivity contribution in [1.82, 2.24) is 0 Å². The summed E-state index contributed by atoms with van der Waals surface area (Å²) in [4.78, 5) is 12.0. The molecule has 0 unspecified atom stereocenters. The molecule has 4 heteroatoms. The number of allylic oxidation sites excluding steroid dienone is 3. The van der Waals surface area contributed by atoms with Crippen LogP contribution in [0.5, 0.6) is 11.5 Å². The van der Waals surface area contributed by atoms with Crippen LogP contribution >= 0.6 is 11.6 Å². The standard InChI is InChI=1S/C19H17ClO3/c1-22-16-10-6-14(7-11-16)18(20)4-3-5-19(21)15-8-12-17(23-2)13-9-15/h3-13H,1-2H3/b5-3+,18-4-. The largest absolute Gasteiger partial charge is 0.497 e. The number of carbonyl (C=O) groups is 1. The summed E-state index contributed by atoms with van der Waals surface area (Å²) in [6.07, 6.45) is 4.80. The minimum absolute atomic E-state index is 0.0944. The molecule has 0 aromatic heterocycles. The minimum Gasteiger partial charge on any atom is -0.497 e. The highest BCUT2D eigenvalue weighted by Crippen LogP contribution is 2.21. The normalized spacial score (nSPS) is 11.5. The highest BCUT2D eigenvalue weighted by Gasteiger charge is 2.01. The van der Waals surface area contributed by atoms with Crippen molar-refractivity contribution in [3.8, 4) is 11.5 Å². The van der Waals surface area contributed by atoms with Gasteiger partial charge in [0.1, 0.15) is 11.5 Å². The molecule has 0 aliphatic heterocycles. The number of ether oxygens (including phenoxy) is 2. The Kier molecular flexibility index (Phi) is 6.01. The maximum absolute atomic E-state index is 12.0. The third kappa shape index (κ3) is 4.73. The molecule has 0 bridgehead atoms. The predicted octanol–water partition coefficient (Wildman–Crippen LogP) is 4.72. The molecule has 0 saturated carbocycles. The van der Waals surface area contributed by atoms with Crippen molar-refractivity contribution in [2.75, 3.05) is 14.2 Å². The zero-order valence-corrected chi connectivity index (χ0v) is 13.7. The van der Waals surface area contributed by atoms with E-state index < -0.39 is 0 Å². The van der Waals surface area contributed by atoms with E-state index >= 15 is 0 Å². The number of carbonyl (C=O) groups excluding carboxylic acids is 1. The SMILES string of the molecule is COc1ccc(C(=O)/C=C/C=C(\Cl)c2ccc(OC)cc2)cc1. The van der Waals surface area contributed by atoms with Crippen LogP contribution in [0.25, 0.3) is 5.03 Å². The van der Waals surface area contributed by atoms with Crippen molar-refractivity contribution in [3.05, 3.63) is 77.9 Å². The Labute approximate surface area is 140 Å². The molecular formula is C19H17ClO3. The average Bonchev–Trinajstić information content (AvgIpc) is 2.61. The van der Waals surface area contributed by atoms with E-state index in [9.17, 15) is 4.79 Å². The summed E-state index contributed by atoms with van der Waals surface area (Å²) in [5.74, 6) is 1.39. The number of benzene rings is 2. The number of halogens is 1. The highest BCUT2D eigenvalue weighted by atomic mass is 35.5. The first-order chi connectivity index (χ1) is 11.1. The maximum atomic E-state index is 12.0. The molecule has 0 N–H and O–H groups in total. The van der Waals surface area contributed by atoms with Crippen LogP contribution in [0.2, 0.25) is 0 Å². The van der Waals surface area contributed by atoms with E-state index in [-0.39, 0.29) is 5.78 Å². The average molecular weight is 329 g/mol. The van der Waals surface area contributed by atoms with Crippen LogP contribution in [0.1, 0.15) is 15.9 Å². The van der Waals surface area contributed by atoms with Gasteiger partial charge in [-0.1, -0.05) is 17.7 Å². The van der Waals surface area contributed by atoms with Crippen molar-refractivity contribution in [3.63, 3.8) is 0 Å². The lowest BCUT2D eigenvalue weighted by Gasteiger charge is -2.01. The quantitative estimate of drug-likeness (QED) is 0.437. The maximum Gasteiger partial charge on any atom is 0.185 e. The van der Waals surface area contributed by atoms with Crippen LogP contribution in [0.3, 0.4) is 0 Å². The Morgan fingerprint density at radius 1 is 0.870 bits per heavy atom. The molecular weight excluding hydrogens is 312 g/mol. The van der Waals surface area contributed by atoms with Crippen LogP contribution < -0.4 is 9.47 Å². The van der Waals surface area contributed by atoms with E-state index in [0.717, 1.165) is 11.3 Å². The van der Waals surface area contributed by atoms with Crippen LogP contribution in [0, 0.1) is 0 Å². The molecule has 3 nitrogen and oxygen atoms in total. The third-order valence-corrected chi connectivity index (χ3v) is 3.57. The Balaban J connectivity index is 2.04. The van der Waals surface area contributed by atoms with E-state index in [1.54, 1.807) is 50.6 Å². The summed E-state index contributed by atoms with van der Waals surface area (Å²) < 4.78 is 10.2. The molecule has 0 spiro atoms. The predicted molar refractivity (Wildman–Crippen MR) is 93.3 cm³/mol. The van der Waals surface area contributed by atoms with Gasteiger partial charge >= 0.3 is 0 Å². The number of hydrogen-bond acceptors (Lipinski definition) is 3. The smallest absolute Gasteiger partial charge is 0.185 e. The summed E-state index contributed by atoms with van der Waals surface area (Å²) in [6.45, 7) is 0. The number of rotatable bonds is 6. The molecule has 0 radical (unpaired) electrons. The summed E-state index contributed by atoms with van der Waals surface area (Å²) in [7, 11) is 3.20. The molecule has 23 heavy (non-hydrogen) atoms. The van der Waals surface area contributed by atoms with Gasteiger partial charge in [-0.15, -0.1) is 0 Å². The molecule has 0 atom stereocenters. The molecule has 0 saturated heterocycles. The van der Waals surface area contributed by atoms with Gasteiger partial charge in [0.05, 0.1) is 14.2 Å². The van der Waals surface area contributed by atoms with Crippen LogP contribution in [0.15, 0.2) is 66.8 Å². The van der Waals surface area contributed by atoms with Gasteiger partial charge in [0.2, 0.25) is 0 Å². The van der Waals surface area contributed by atoms with Crippen LogP contribution in [0.4, 0.5) is 0 Å². The number of ketones is 1. The lowest BCUT2D eigenvalue weighted by molar-refractivity contribution is 0.104. The van der Waals surface area contributed by atoms with Gasteiger partial charge < -0.3 is 9.47 Å². The van der Waals surface area contributed by atoms with E-state index in [4.69, 9.17) is 21.1 Å². The third-order valence-electron chi connectivity index (χ3n) is 3.23. The zero-order valence-electron chi connectivity index (χ0n) is 13.0. The Hall–Kier alpha value is -2.52. The molecule has 0 heterocycles. The fraction of sp³-hybridized carbons (Fsp3) is 0.105. The summed E-state index contributed by atoms with van der Waals surface area (Å²) >= 11 is 6.21. The zero-order chi connectivity index (χ0) is 16.7. The van der Waals surface area contributed by atoms with Crippen molar-refractivity contribution >= 4 is 22.4 Å². The first-order valence-electron chi connectivity index (χ1n) is 7.00. The number of hydrogen-bond donors (Lipinski definition) is 0. The van der Waals surface area contributed by atoms with Crippen molar-refractivity contribution < 1.29 is 14.3 Å². The van der Waals surface area contributed by atoms with Gasteiger partial charge in [0.25, 0.3) is 0 Å². The molecule has 2 aromatic rings. The van der Waals surface area contributed by atoms with E-state index in [1.165, 1.54) is 6.08 Å². The van der Waals surface area contributed by atoms with Gasteiger partial charge in [-0.05, 0) is 66.2 Å². The Morgan fingerprint density at radius 2 is 1.35 bits per heavy atom. The van der Waals surface area contributed by atoms with Gasteiger partial charge in [-0.2, -0.15) is 0 Å². The topological polar surface area (TPSA) is 35.5 Å². The van der Waals surface area contributed by atoms with Gasteiger partial charge in [0, 0.05) is 10.6 Å². The van der Waals surface area contributed by atoms with Crippen molar-refractivity contribution in [2.24, 2.45) is 0 Å². The summed E-state index contributed by atoms with van der Waals surface area (Å²) in [5, 5.41) is 0.548. The minimum atomic E-state index is -0.0944. The summed E-state index contributed by atoms with van der Waals surface area (Å²) in [6, 6.07) is 14.3. The lowest BCUT2D eigenvalue weighted by Crippen LogP contribution is -1.93. The second kappa shape index (κ2) is 8.20.